The first kappa shape index (κ1) is 21.4. The topological polar surface area (TPSA) is 90.0 Å². The van der Waals surface area contributed by atoms with E-state index in [1.165, 1.54) is 31.3 Å². The predicted molar refractivity (Wildman–Crippen MR) is 105 cm³/mol. The van der Waals surface area contributed by atoms with Crippen LogP contribution in [0.15, 0.2) is 59.5 Å². The molecule has 0 radical (unpaired) electrons. The van der Waals surface area contributed by atoms with Crippen molar-refractivity contribution in [1.82, 2.24) is 0 Å². The summed E-state index contributed by atoms with van der Waals surface area (Å²) in [5.74, 6) is -1.44. The van der Waals surface area contributed by atoms with Crippen LogP contribution in [-0.4, -0.2) is 40.6 Å². The first-order valence-corrected chi connectivity index (χ1v) is 10.3. The van der Waals surface area contributed by atoms with Crippen LogP contribution in [0.5, 0.6) is 0 Å². The van der Waals surface area contributed by atoms with E-state index in [4.69, 9.17) is 9.47 Å². The molecular formula is C20H23NO6S. The van der Waals surface area contributed by atoms with Gasteiger partial charge in [-0.1, -0.05) is 37.6 Å². The molecular weight excluding hydrogens is 382 g/mol. The molecule has 0 aliphatic heterocycles. The fourth-order valence-electron chi connectivity index (χ4n) is 2.30. The number of unbranched alkanes of at least 4 members (excludes halogenated alkanes) is 1. The molecule has 0 spiro atoms. The molecule has 0 aliphatic rings. The van der Waals surface area contributed by atoms with Gasteiger partial charge in [0.15, 0.2) is 6.61 Å². The molecule has 7 nitrogen and oxygen atoms in total. The van der Waals surface area contributed by atoms with Gasteiger partial charge in [-0.25, -0.2) is 18.0 Å². The molecule has 0 amide bonds. The number of para-hydroxylation sites is 1. The Morgan fingerprint density at radius 2 is 1.71 bits per heavy atom. The third-order valence-electron chi connectivity index (χ3n) is 3.93. The molecule has 0 atom stereocenters. The zero-order valence-corrected chi connectivity index (χ0v) is 16.6. The molecule has 0 fully saturated rings. The molecule has 2 aromatic carbocycles. The van der Waals surface area contributed by atoms with Crippen molar-refractivity contribution in [3.8, 4) is 0 Å². The highest BCUT2D eigenvalue weighted by molar-refractivity contribution is 7.92. The third-order valence-corrected chi connectivity index (χ3v) is 5.71. The van der Waals surface area contributed by atoms with Crippen molar-refractivity contribution in [3.05, 3.63) is 60.2 Å². The Labute approximate surface area is 164 Å². The number of carbonyl (C=O) groups is 2. The Balaban J connectivity index is 2.08. The van der Waals surface area contributed by atoms with E-state index >= 15 is 0 Å². The molecule has 8 heteroatoms. The maximum Gasteiger partial charge on any atom is 0.344 e. The van der Waals surface area contributed by atoms with Crippen molar-refractivity contribution in [2.45, 2.75) is 24.7 Å². The van der Waals surface area contributed by atoms with E-state index in [-0.39, 0.29) is 17.1 Å². The normalized spacial score (nSPS) is 10.9. The molecule has 0 heterocycles. The van der Waals surface area contributed by atoms with E-state index in [9.17, 15) is 18.0 Å². The summed E-state index contributed by atoms with van der Waals surface area (Å²) in [7, 11) is -2.43. The summed E-state index contributed by atoms with van der Waals surface area (Å²) in [4.78, 5) is 23.6. The molecule has 2 aromatic rings. The third kappa shape index (κ3) is 5.56. The number of anilines is 1. The minimum Gasteiger partial charge on any atom is -0.463 e. The van der Waals surface area contributed by atoms with Crippen molar-refractivity contribution in [1.29, 1.82) is 0 Å². The van der Waals surface area contributed by atoms with Crippen LogP contribution in [0.3, 0.4) is 0 Å². The van der Waals surface area contributed by atoms with Gasteiger partial charge < -0.3 is 9.47 Å². The van der Waals surface area contributed by atoms with Crippen molar-refractivity contribution >= 4 is 27.6 Å². The average molecular weight is 405 g/mol. The van der Waals surface area contributed by atoms with Crippen LogP contribution in [0.1, 0.15) is 30.1 Å². The number of nitrogens with zero attached hydrogens (tertiary/aromatic N) is 1. The molecule has 0 aromatic heterocycles. The lowest BCUT2D eigenvalue weighted by Gasteiger charge is -2.19. The quantitative estimate of drug-likeness (QED) is 0.471. The summed E-state index contributed by atoms with van der Waals surface area (Å²) < 4.78 is 36.6. The highest BCUT2D eigenvalue weighted by Gasteiger charge is 2.23. The number of hydrogen-bond acceptors (Lipinski definition) is 6. The second kappa shape index (κ2) is 9.89. The number of rotatable bonds is 9. The van der Waals surface area contributed by atoms with Gasteiger partial charge in [-0.2, -0.15) is 0 Å². The number of hydrogen-bond donors (Lipinski definition) is 0. The summed E-state index contributed by atoms with van der Waals surface area (Å²) in [6, 6.07) is 14.1. The number of ether oxygens (including phenoxy) is 2. The molecule has 0 bridgehead atoms. The lowest BCUT2D eigenvalue weighted by Crippen LogP contribution is -2.26. The van der Waals surface area contributed by atoms with E-state index in [1.54, 1.807) is 30.3 Å². The minimum atomic E-state index is -3.86. The summed E-state index contributed by atoms with van der Waals surface area (Å²) in [6.07, 6.45) is 1.61. The zero-order chi connectivity index (χ0) is 20.6. The van der Waals surface area contributed by atoms with Gasteiger partial charge in [-0.3, -0.25) is 4.31 Å². The number of carbonyl (C=O) groups excluding carboxylic acids is 2. The Morgan fingerprint density at radius 1 is 1.00 bits per heavy atom. The van der Waals surface area contributed by atoms with Gasteiger partial charge in [0.2, 0.25) is 0 Å². The molecule has 0 unspecified atom stereocenters. The predicted octanol–water partition coefficient (Wildman–Crippen LogP) is 3.01. The van der Waals surface area contributed by atoms with Crippen LogP contribution >= 0.6 is 0 Å². The second-order valence-corrected chi connectivity index (χ2v) is 7.96. The first-order chi connectivity index (χ1) is 13.4. The van der Waals surface area contributed by atoms with Crippen molar-refractivity contribution in [2.75, 3.05) is 24.6 Å². The molecule has 0 aliphatic carbocycles. The SMILES string of the molecule is CCCCOC(=O)COC(=O)c1cccc(S(=O)(=O)N(C)c2ccccc2)c1. The number of esters is 2. The first-order valence-electron chi connectivity index (χ1n) is 8.83. The van der Waals surface area contributed by atoms with E-state index in [0.29, 0.717) is 5.69 Å². The molecule has 150 valence electrons. The highest BCUT2D eigenvalue weighted by atomic mass is 32.2. The molecule has 0 saturated heterocycles. The molecule has 0 N–H and O–H groups in total. The fourth-order valence-corrected chi connectivity index (χ4v) is 3.54. The second-order valence-electron chi connectivity index (χ2n) is 5.99. The fraction of sp³-hybridized carbons (Fsp3) is 0.300. The lowest BCUT2D eigenvalue weighted by atomic mass is 10.2. The molecule has 28 heavy (non-hydrogen) atoms. The van der Waals surface area contributed by atoms with E-state index in [0.717, 1.165) is 17.1 Å². The van der Waals surface area contributed by atoms with Crippen LogP contribution in [0.25, 0.3) is 0 Å². The van der Waals surface area contributed by atoms with Crippen LogP contribution in [0.2, 0.25) is 0 Å². The van der Waals surface area contributed by atoms with E-state index in [2.05, 4.69) is 0 Å². The smallest absolute Gasteiger partial charge is 0.344 e. The van der Waals surface area contributed by atoms with Gasteiger partial charge >= 0.3 is 11.9 Å². The van der Waals surface area contributed by atoms with Gasteiger partial charge in [-0.05, 0) is 36.8 Å². The summed E-state index contributed by atoms with van der Waals surface area (Å²) in [5.41, 5.74) is 0.522. The Hall–Kier alpha value is -2.87. The minimum absolute atomic E-state index is 0.0314. The van der Waals surface area contributed by atoms with Crippen molar-refractivity contribution < 1.29 is 27.5 Å². The Morgan fingerprint density at radius 3 is 2.39 bits per heavy atom. The number of benzene rings is 2. The Kier molecular flexibility index (Phi) is 7.57. The van der Waals surface area contributed by atoms with Gasteiger partial charge in [-0.15, -0.1) is 0 Å². The van der Waals surface area contributed by atoms with Crippen molar-refractivity contribution in [2.24, 2.45) is 0 Å². The number of sulfonamides is 1. The Bertz CT molecular complexity index is 911. The largest absolute Gasteiger partial charge is 0.463 e. The molecule has 0 saturated carbocycles. The maximum absolute atomic E-state index is 12.8. The monoisotopic (exact) mass is 405 g/mol. The van der Waals surface area contributed by atoms with Gasteiger partial charge in [0.1, 0.15) is 0 Å². The van der Waals surface area contributed by atoms with Crippen LogP contribution in [-0.2, 0) is 24.3 Å². The van der Waals surface area contributed by atoms with Crippen LogP contribution in [0, 0.1) is 0 Å². The van der Waals surface area contributed by atoms with Crippen LogP contribution < -0.4 is 4.31 Å². The zero-order valence-electron chi connectivity index (χ0n) is 15.8. The van der Waals surface area contributed by atoms with E-state index < -0.39 is 28.6 Å². The summed E-state index contributed by atoms with van der Waals surface area (Å²) >= 11 is 0. The van der Waals surface area contributed by atoms with Gasteiger partial charge in [0.05, 0.1) is 22.8 Å². The summed E-state index contributed by atoms with van der Waals surface area (Å²) in [5, 5.41) is 0. The average Bonchev–Trinajstić information content (AvgIpc) is 2.72. The van der Waals surface area contributed by atoms with E-state index in [1.807, 2.05) is 6.92 Å². The van der Waals surface area contributed by atoms with Crippen molar-refractivity contribution in [3.63, 3.8) is 0 Å². The summed E-state index contributed by atoms with van der Waals surface area (Å²) in [6.45, 7) is 1.71. The maximum atomic E-state index is 12.8. The van der Waals surface area contributed by atoms with Gasteiger partial charge in [0, 0.05) is 7.05 Å². The lowest BCUT2D eigenvalue weighted by molar-refractivity contribution is -0.147. The molecule has 2 rings (SSSR count). The van der Waals surface area contributed by atoms with Crippen LogP contribution in [0.4, 0.5) is 5.69 Å². The highest BCUT2D eigenvalue weighted by Crippen LogP contribution is 2.22. The standard InChI is InChI=1S/C20H23NO6S/c1-3-4-13-26-19(22)15-27-20(23)16-9-8-12-18(14-16)28(24,25)21(2)17-10-6-5-7-11-17/h5-12,14H,3-4,13,15H2,1-2H3. The van der Waals surface area contributed by atoms with Gasteiger partial charge in [0.25, 0.3) is 10.0 Å².